The lowest BCUT2D eigenvalue weighted by Crippen LogP contribution is -2.47. The molecule has 3 atom stereocenters. The van der Waals surface area contributed by atoms with Crippen molar-refractivity contribution in [2.75, 3.05) is 31.6 Å². The molecule has 1 heterocycles. The number of carbonyl (C=O) groups excluding carboxylic acids is 1. The highest BCUT2D eigenvalue weighted by Crippen LogP contribution is 2.56. The fourth-order valence-electron chi connectivity index (χ4n) is 6.03. The van der Waals surface area contributed by atoms with Crippen molar-refractivity contribution in [1.29, 1.82) is 5.41 Å². The molecule has 1 saturated carbocycles. The summed E-state index contributed by atoms with van der Waals surface area (Å²) < 4.78 is 32.5. The van der Waals surface area contributed by atoms with Crippen LogP contribution in [-0.2, 0) is 4.74 Å². The topological polar surface area (TPSA) is 77.5 Å². The van der Waals surface area contributed by atoms with Gasteiger partial charge >= 0.3 is 6.03 Å². The Labute approximate surface area is 222 Å². The number of nitrogens with zero attached hydrogens (tertiary/aromatic N) is 1. The molecule has 3 N–H and O–H groups in total. The number of halogens is 2. The Balaban J connectivity index is 1.36. The maximum Gasteiger partial charge on any atom is 0.318 e. The Morgan fingerprint density at radius 2 is 1.79 bits per heavy atom. The summed E-state index contributed by atoms with van der Waals surface area (Å²) in [6.07, 6.45) is 6.84. The Hall–Kier alpha value is -3.52. The number of anilines is 1. The van der Waals surface area contributed by atoms with Crippen LogP contribution < -0.4 is 10.6 Å². The zero-order chi connectivity index (χ0) is 26.7. The van der Waals surface area contributed by atoms with E-state index in [1.165, 1.54) is 36.1 Å². The summed E-state index contributed by atoms with van der Waals surface area (Å²) in [6.45, 7) is 4.40. The van der Waals surface area contributed by atoms with E-state index in [1.807, 2.05) is 0 Å². The van der Waals surface area contributed by atoms with Crippen LogP contribution in [0, 0.1) is 28.4 Å². The molecule has 2 aliphatic carbocycles. The van der Waals surface area contributed by atoms with Crippen molar-refractivity contribution in [1.82, 2.24) is 10.2 Å². The van der Waals surface area contributed by atoms with Crippen LogP contribution >= 0.6 is 0 Å². The lowest BCUT2D eigenvalue weighted by Gasteiger charge is -2.39. The zero-order valence-electron chi connectivity index (χ0n) is 21.6. The second kappa shape index (κ2) is 11.1. The van der Waals surface area contributed by atoms with Crippen molar-refractivity contribution >= 4 is 17.9 Å². The largest absolute Gasteiger partial charge is 0.378 e. The number of allylic oxidation sites excluding steroid dienone is 3. The Morgan fingerprint density at radius 1 is 1.13 bits per heavy atom. The van der Waals surface area contributed by atoms with Crippen LogP contribution in [0.1, 0.15) is 44.2 Å². The van der Waals surface area contributed by atoms with E-state index < -0.39 is 0 Å². The van der Waals surface area contributed by atoms with E-state index in [-0.39, 0.29) is 35.0 Å². The molecule has 5 rings (SSSR count). The van der Waals surface area contributed by atoms with E-state index in [9.17, 15) is 13.6 Å². The van der Waals surface area contributed by atoms with Crippen LogP contribution in [0.2, 0.25) is 0 Å². The van der Waals surface area contributed by atoms with E-state index in [0.717, 1.165) is 35.4 Å². The summed E-state index contributed by atoms with van der Waals surface area (Å²) in [7, 11) is 0. The van der Waals surface area contributed by atoms with Crippen LogP contribution in [0.3, 0.4) is 0 Å². The molecular formula is C30H34F2N4O2. The summed E-state index contributed by atoms with van der Waals surface area (Å²) in [4.78, 5) is 14.9. The molecule has 0 spiro atoms. The fourth-order valence-corrected chi connectivity index (χ4v) is 6.03. The van der Waals surface area contributed by atoms with Gasteiger partial charge in [0.1, 0.15) is 11.6 Å². The van der Waals surface area contributed by atoms with Gasteiger partial charge in [0.25, 0.3) is 0 Å². The first kappa shape index (κ1) is 26.1. The molecule has 38 heavy (non-hydrogen) atoms. The number of morpholine rings is 1. The SMILES string of the molecule is C[C@]12CC(C=N)=C(Nc3ccc(F)cc3)C=C1CC[C@@H]2CC(NC(=O)N1CCOCC1)c1ccc(F)cc1. The highest BCUT2D eigenvalue weighted by atomic mass is 19.1. The summed E-state index contributed by atoms with van der Waals surface area (Å²) in [6, 6.07) is 12.2. The molecule has 2 aromatic rings. The van der Waals surface area contributed by atoms with Gasteiger partial charge in [0.2, 0.25) is 0 Å². The van der Waals surface area contributed by atoms with Crippen LogP contribution in [0.5, 0.6) is 0 Å². The van der Waals surface area contributed by atoms with Crippen LogP contribution in [0.4, 0.5) is 19.3 Å². The first-order valence-electron chi connectivity index (χ1n) is 13.2. The lowest BCUT2D eigenvalue weighted by atomic mass is 9.67. The Bertz CT molecular complexity index is 1240. The highest BCUT2D eigenvalue weighted by molar-refractivity contribution is 5.81. The van der Waals surface area contributed by atoms with Gasteiger partial charge in [-0.1, -0.05) is 24.6 Å². The first-order chi connectivity index (χ1) is 18.4. The van der Waals surface area contributed by atoms with Crippen molar-refractivity contribution in [2.24, 2.45) is 11.3 Å². The number of rotatable bonds is 7. The van der Waals surface area contributed by atoms with Crippen molar-refractivity contribution in [2.45, 2.75) is 38.6 Å². The van der Waals surface area contributed by atoms with Crippen molar-refractivity contribution in [3.63, 3.8) is 0 Å². The molecule has 3 aliphatic rings. The third kappa shape index (κ3) is 5.50. The summed E-state index contributed by atoms with van der Waals surface area (Å²) in [5, 5.41) is 14.7. The molecule has 6 nitrogen and oxygen atoms in total. The number of urea groups is 1. The highest BCUT2D eigenvalue weighted by Gasteiger charge is 2.46. The number of nitrogens with one attached hydrogen (secondary N) is 3. The molecule has 200 valence electrons. The molecule has 2 amide bonds. The molecule has 1 saturated heterocycles. The van der Waals surface area contributed by atoms with Gasteiger partial charge in [-0.2, -0.15) is 0 Å². The number of fused-ring (bicyclic) bond motifs is 1. The van der Waals surface area contributed by atoms with Gasteiger partial charge in [-0.05, 0) is 90.6 Å². The minimum atomic E-state index is -0.306. The van der Waals surface area contributed by atoms with Crippen LogP contribution in [0.25, 0.3) is 0 Å². The smallest absolute Gasteiger partial charge is 0.318 e. The van der Waals surface area contributed by atoms with Crippen molar-refractivity contribution < 1.29 is 18.3 Å². The van der Waals surface area contributed by atoms with Crippen LogP contribution in [-0.4, -0.2) is 43.4 Å². The molecule has 1 unspecified atom stereocenters. The number of hydrogen-bond acceptors (Lipinski definition) is 4. The lowest BCUT2D eigenvalue weighted by molar-refractivity contribution is 0.0520. The number of ether oxygens (including phenoxy) is 1. The van der Waals surface area contributed by atoms with Gasteiger partial charge in [0.15, 0.2) is 0 Å². The van der Waals surface area contributed by atoms with Crippen molar-refractivity contribution in [3.8, 4) is 0 Å². The Morgan fingerprint density at radius 3 is 2.45 bits per heavy atom. The third-order valence-electron chi connectivity index (χ3n) is 8.31. The van der Waals surface area contributed by atoms with Crippen molar-refractivity contribution in [3.05, 3.63) is 88.6 Å². The zero-order valence-corrected chi connectivity index (χ0v) is 21.6. The van der Waals surface area contributed by atoms with Gasteiger partial charge in [-0.3, -0.25) is 0 Å². The fraction of sp³-hybridized carbons (Fsp3) is 0.400. The molecular weight excluding hydrogens is 486 g/mol. The van der Waals surface area contributed by atoms with E-state index in [2.05, 4.69) is 23.6 Å². The molecule has 0 radical (unpaired) electrons. The molecule has 2 fully saturated rings. The van der Waals surface area contributed by atoms with Gasteiger partial charge in [-0.15, -0.1) is 0 Å². The van der Waals surface area contributed by atoms with E-state index in [0.29, 0.717) is 39.1 Å². The summed E-state index contributed by atoms with van der Waals surface area (Å²) in [5.74, 6) is -0.336. The number of amides is 2. The number of hydrogen-bond donors (Lipinski definition) is 3. The second-order valence-corrected chi connectivity index (χ2v) is 10.6. The van der Waals surface area contributed by atoms with Gasteiger partial charge in [0.05, 0.1) is 19.3 Å². The molecule has 0 bridgehead atoms. The monoisotopic (exact) mass is 520 g/mol. The van der Waals surface area contributed by atoms with E-state index in [4.69, 9.17) is 10.1 Å². The Kier molecular flexibility index (Phi) is 7.61. The van der Waals surface area contributed by atoms with Gasteiger partial charge < -0.3 is 25.7 Å². The minimum Gasteiger partial charge on any atom is -0.378 e. The maximum absolute atomic E-state index is 13.7. The normalized spacial score (nSPS) is 23.9. The summed E-state index contributed by atoms with van der Waals surface area (Å²) in [5.41, 5.74) is 4.57. The van der Waals surface area contributed by atoms with Gasteiger partial charge in [0, 0.05) is 30.7 Å². The molecule has 0 aromatic heterocycles. The van der Waals surface area contributed by atoms with Gasteiger partial charge in [-0.25, -0.2) is 13.6 Å². The molecule has 2 aromatic carbocycles. The summed E-state index contributed by atoms with van der Waals surface area (Å²) >= 11 is 0. The minimum absolute atomic E-state index is 0.129. The quantitative estimate of drug-likeness (QED) is 0.381. The predicted molar refractivity (Wildman–Crippen MR) is 144 cm³/mol. The van der Waals surface area contributed by atoms with E-state index in [1.54, 1.807) is 29.2 Å². The number of carbonyl (C=O) groups is 1. The molecule has 8 heteroatoms. The predicted octanol–water partition coefficient (Wildman–Crippen LogP) is 6.20. The maximum atomic E-state index is 13.7. The van der Waals surface area contributed by atoms with Crippen LogP contribution in [0.15, 0.2) is 71.5 Å². The molecule has 1 aliphatic heterocycles. The first-order valence-corrected chi connectivity index (χ1v) is 13.2. The number of benzene rings is 2. The average molecular weight is 521 g/mol. The second-order valence-electron chi connectivity index (χ2n) is 10.6. The van der Waals surface area contributed by atoms with E-state index >= 15 is 0 Å². The standard InChI is InChI=1S/C30H34F2N4O2/c1-30-18-21(19-33)28(34-26-10-8-25(32)9-11-26)17-23(30)5-4-22(30)16-27(20-2-6-24(31)7-3-20)35-29(37)36-12-14-38-15-13-36/h2-3,6-11,17,19,22,27,33-34H,4-5,12-16,18H2,1H3,(H,35,37)/t22-,27?,30-/m1/s1. The third-order valence-corrected chi connectivity index (χ3v) is 8.31. The average Bonchev–Trinajstić information content (AvgIpc) is 3.24.